The highest BCUT2D eigenvalue weighted by molar-refractivity contribution is 5.19. The molecule has 20 heavy (non-hydrogen) atoms. The molecule has 1 atom stereocenters. The average Bonchev–Trinajstić information content (AvgIpc) is 2.99. The Bertz CT molecular complexity index is 384. The van der Waals surface area contributed by atoms with Gasteiger partial charge in [-0.25, -0.2) is 4.39 Å². The highest BCUT2D eigenvalue weighted by atomic mass is 19.1. The van der Waals surface area contributed by atoms with Gasteiger partial charge in [0.15, 0.2) is 0 Å². The van der Waals surface area contributed by atoms with Crippen LogP contribution < -0.4 is 5.32 Å². The maximum absolute atomic E-state index is 13.0. The summed E-state index contributed by atoms with van der Waals surface area (Å²) in [5, 5.41) is 3.36. The van der Waals surface area contributed by atoms with Crippen LogP contribution in [-0.4, -0.2) is 31.1 Å². The second-order valence-electron chi connectivity index (χ2n) is 5.75. The van der Waals surface area contributed by atoms with E-state index in [1.807, 2.05) is 19.2 Å². The van der Waals surface area contributed by atoms with E-state index in [1.165, 1.54) is 31.2 Å². The number of halogens is 1. The SMILES string of the molecule is CCN(CCC(NC)c1ccc(F)cc1)C1CCCC1. The van der Waals surface area contributed by atoms with Gasteiger partial charge >= 0.3 is 0 Å². The average molecular weight is 278 g/mol. The summed E-state index contributed by atoms with van der Waals surface area (Å²) in [5.74, 6) is -0.162. The molecule has 0 bridgehead atoms. The smallest absolute Gasteiger partial charge is 0.123 e. The van der Waals surface area contributed by atoms with Gasteiger partial charge in [-0.2, -0.15) is 0 Å². The highest BCUT2D eigenvalue weighted by Gasteiger charge is 2.22. The molecule has 1 aliphatic carbocycles. The zero-order valence-electron chi connectivity index (χ0n) is 12.7. The summed E-state index contributed by atoms with van der Waals surface area (Å²) < 4.78 is 13.0. The number of benzene rings is 1. The molecule has 0 aliphatic heterocycles. The molecule has 0 aromatic heterocycles. The van der Waals surface area contributed by atoms with Crippen LogP contribution >= 0.6 is 0 Å². The Balaban J connectivity index is 1.90. The lowest BCUT2D eigenvalue weighted by Crippen LogP contribution is -2.35. The van der Waals surface area contributed by atoms with E-state index in [0.29, 0.717) is 6.04 Å². The van der Waals surface area contributed by atoms with E-state index in [2.05, 4.69) is 17.1 Å². The minimum absolute atomic E-state index is 0.162. The fourth-order valence-electron chi connectivity index (χ4n) is 3.34. The van der Waals surface area contributed by atoms with Crippen molar-refractivity contribution in [3.63, 3.8) is 0 Å². The third-order valence-electron chi connectivity index (χ3n) is 4.57. The quantitative estimate of drug-likeness (QED) is 0.817. The fourth-order valence-corrected chi connectivity index (χ4v) is 3.34. The normalized spacial score (nSPS) is 17.8. The molecule has 1 N–H and O–H groups in total. The lowest BCUT2D eigenvalue weighted by Gasteiger charge is -2.29. The van der Waals surface area contributed by atoms with Crippen LogP contribution in [0.3, 0.4) is 0 Å². The van der Waals surface area contributed by atoms with Crippen LogP contribution in [-0.2, 0) is 0 Å². The molecule has 0 radical (unpaired) electrons. The van der Waals surface area contributed by atoms with Crippen molar-refractivity contribution in [1.82, 2.24) is 10.2 Å². The largest absolute Gasteiger partial charge is 0.313 e. The van der Waals surface area contributed by atoms with Crippen LogP contribution in [0, 0.1) is 5.82 Å². The van der Waals surface area contributed by atoms with Crippen LogP contribution in [0.1, 0.15) is 50.6 Å². The predicted molar refractivity (Wildman–Crippen MR) is 82.3 cm³/mol. The van der Waals surface area contributed by atoms with Crippen LogP contribution in [0.15, 0.2) is 24.3 Å². The summed E-state index contributed by atoms with van der Waals surface area (Å²) in [5.41, 5.74) is 1.18. The van der Waals surface area contributed by atoms with Gasteiger partial charge in [-0.3, -0.25) is 0 Å². The van der Waals surface area contributed by atoms with Crippen molar-refractivity contribution in [1.29, 1.82) is 0 Å². The van der Waals surface area contributed by atoms with Gasteiger partial charge in [-0.05, 0) is 50.6 Å². The van der Waals surface area contributed by atoms with Crippen molar-refractivity contribution < 1.29 is 4.39 Å². The number of rotatable bonds is 7. The number of nitrogens with zero attached hydrogens (tertiary/aromatic N) is 1. The molecule has 0 heterocycles. The Kier molecular flexibility index (Phi) is 5.99. The molecule has 0 amide bonds. The van der Waals surface area contributed by atoms with E-state index in [0.717, 1.165) is 25.6 Å². The summed E-state index contributed by atoms with van der Waals surface area (Å²) in [4.78, 5) is 2.61. The van der Waals surface area contributed by atoms with Gasteiger partial charge in [0.1, 0.15) is 5.82 Å². The molecule has 1 aromatic carbocycles. The first kappa shape index (κ1) is 15.5. The van der Waals surface area contributed by atoms with Gasteiger partial charge < -0.3 is 10.2 Å². The van der Waals surface area contributed by atoms with Crippen LogP contribution in [0.4, 0.5) is 4.39 Å². The predicted octanol–water partition coefficient (Wildman–Crippen LogP) is 3.74. The Morgan fingerprint density at radius 2 is 1.90 bits per heavy atom. The molecule has 1 aromatic rings. The van der Waals surface area contributed by atoms with Gasteiger partial charge in [0.05, 0.1) is 0 Å². The van der Waals surface area contributed by atoms with Gasteiger partial charge in [-0.15, -0.1) is 0 Å². The zero-order chi connectivity index (χ0) is 14.4. The van der Waals surface area contributed by atoms with Crippen molar-refractivity contribution in [2.75, 3.05) is 20.1 Å². The van der Waals surface area contributed by atoms with E-state index in [-0.39, 0.29) is 5.82 Å². The lowest BCUT2D eigenvalue weighted by molar-refractivity contribution is 0.199. The third-order valence-corrected chi connectivity index (χ3v) is 4.57. The van der Waals surface area contributed by atoms with E-state index >= 15 is 0 Å². The topological polar surface area (TPSA) is 15.3 Å². The summed E-state index contributed by atoms with van der Waals surface area (Å²) in [7, 11) is 1.99. The van der Waals surface area contributed by atoms with E-state index in [1.54, 1.807) is 12.1 Å². The minimum atomic E-state index is -0.162. The van der Waals surface area contributed by atoms with Crippen LogP contribution in [0.2, 0.25) is 0 Å². The first-order valence-electron chi connectivity index (χ1n) is 7.91. The second-order valence-corrected chi connectivity index (χ2v) is 5.75. The Morgan fingerprint density at radius 1 is 1.25 bits per heavy atom. The molecule has 1 aliphatic rings. The molecule has 2 nitrogen and oxygen atoms in total. The molecular weight excluding hydrogens is 251 g/mol. The van der Waals surface area contributed by atoms with Crippen molar-refractivity contribution in [3.8, 4) is 0 Å². The van der Waals surface area contributed by atoms with Gasteiger partial charge in [0.25, 0.3) is 0 Å². The molecule has 112 valence electrons. The fraction of sp³-hybridized carbons (Fsp3) is 0.647. The molecular formula is C17H27FN2. The van der Waals surface area contributed by atoms with Crippen LogP contribution in [0.5, 0.6) is 0 Å². The standard InChI is InChI=1S/C17H27FN2/c1-3-20(16-6-4-5-7-16)13-12-17(19-2)14-8-10-15(18)11-9-14/h8-11,16-17,19H,3-7,12-13H2,1-2H3. The summed E-state index contributed by atoms with van der Waals surface area (Å²) in [6, 6.07) is 7.98. The van der Waals surface area contributed by atoms with Crippen molar-refractivity contribution in [3.05, 3.63) is 35.6 Å². The summed E-state index contributed by atoms with van der Waals surface area (Å²) in [6.07, 6.45) is 6.55. The molecule has 1 saturated carbocycles. The molecule has 1 fully saturated rings. The summed E-state index contributed by atoms with van der Waals surface area (Å²) >= 11 is 0. The first-order chi connectivity index (χ1) is 9.74. The molecule has 0 spiro atoms. The number of hydrogen-bond acceptors (Lipinski definition) is 2. The van der Waals surface area contributed by atoms with Crippen molar-refractivity contribution >= 4 is 0 Å². The van der Waals surface area contributed by atoms with Gasteiger partial charge in [0.2, 0.25) is 0 Å². The third kappa shape index (κ3) is 4.03. The first-order valence-corrected chi connectivity index (χ1v) is 7.91. The highest BCUT2D eigenvalue weighted by Crippen LogP contribution is 2.25. The van der Waals surface area contributed by atoms with E-state index in [4.69, 9.17) is 0 Å². The van der Waals surface area contributed by atoms with Crippen LogP contribution in [0.25, 0.3) is 0 Å². The van der Waals surface area contributed by atoms with Crippen molar-refractivity contribution in [2.45, 2.75) is 51.1 Å². The number of hydrogen-bond donors (Lipinski definition) is 1. The Hall–Kier alpha value is -0.930. The maximum atomic E-state index is 13.0. The number of nitrogens with one attached hydrogen (secondary N) is 1. The summed E-state index contributed by atoms with van der Waals surface area (Å²) in [6.45, 7) is 4.50. The Morgan fingerprint density at radius 3 is 2.45 bits per heavy atom. The zero-order valence-corrected chi connectivity index (χ0v) is 12.7. The Labute approximate surface area is 122 Å². The molecule has 0 saturated heterocycles. The lowest BCUT2D eigenvalue weighted by atomic mass is 10.0. The monoisotopic (exact) mass is 278 g/mol. The molecule has 2 rings (SSSR count). The van der Waals surface area contributed by atoms with E-state index in [9.17, 15) is 4.39 Å². The maximum Gasteiger partial charge on any atom is 0.123 e. The van der Waals surface area contributed by atoms with Gasteiger partial charge in [-0.1, -0.05) is 31.9 Å². The van der Waals surface area contributed by atoms with E-state index < -0.39 is 0 Å². The second kappa shape index (κ2) is 7.75. The molecule has 1 unspecified atom stereocenters. The van der Waals surface area contributed by atoms with Gasteiger partial charge in [0, 0.05) is 18.6 Å². The minimum Gasteiger partial charge on any atom is -0.313 e. The van der Waals surface area contributed by atoms with Crippen molar-refractivity contribution in [2.24, 2.45) is 0 Å². The molecule has 3 heteroatoms.